The molecule has 20 heteroatoms. The summed E-state index contributed by atoms with van der Waals surface area (Å²) >= 11 is 0.974. The highest BCUT2D eigenvalue weighted by Crippen LogP contribution is 2.40. The second-order valence-electron chi connectivity index (χ2n) is 10.6. The maximum absolute atomic E-state index is 13.3. The normalized spacial score (nSPS) is 16.7. The molecule has 47 heavy (non-hydrogen) atoms. The van der Waals surface area contributed by atoms with Crippen LogP contribution >= 0.6 is 11.3 Å². The van der Waals surface area contributed by atoms with Crippen molar-refractivity contribution in [1.82, 2.24) is 15.0 Å². The van der Waals surface area contributed by atoms with Gasteiger partial charge in [0, 0.05) is 36.4 Å². The van der Waals surface area contributed by atoms with Crippen molar-refractivity contribution < 1.29 is 55.6 Å². The van der Waals surface area contributed by atoms with Crippen molar-refractivity contribution in [3.8, 4) is 17.4 Å². The smallest absolute Gasteiger partial charge is 0.418 e. The quantitative estimate of drug-likeness (QED) is 0.0499. The van der Waals surface area contributed by atoms with Crippen molar-refractivity contribution >= 4 is 50.2 Å². The number of oxime groups is 1. The summed E-state index contributed by atoms with van der Waals surface area (Å²) in [5.41, 5.74) is 9.43. The largest absolute Gasteiger partial charge is 0.487 e. The summed E-state index contributed by atoms with van der Waals surface area (Å²) in [7, 11) is -5.00. The fourth-order valence-corrected chi connectivity index (χ4v) is 5.29. The van der Waals surface area contributed by atoms with Gasteiger partial charge in [0.15, 0.2) is 29.0 Å². The van der Waals surface area contributed by atoms with Gasteiger partial charge in [0.05, 0.1) is 17.7 Å². The number of β-lactam (4-membered cyclic amide) rings is 1. The van der Waals surface area contributed by atoms with E-state index in [0.29, 0.717) is 17.4 Å². The van der Waals surface area contributed by atoms with Gasteiger partial charge in [0.1, 0.15) is 30.3 Å². The van der Waals surface area contributed by atoms with Crippen LogP contribution in [0.1, 0.15) is 32.4 Å². The number of pyridine rings is 2. The number of nitrogens with zero attached hydrogens (tertiary/aromatic N) is 5. The Labute approximate surface area is 272 Å². The number of Topliss-reactive ketones (excluding diaryl/α,β-unsaturated/α-hetero) is 1. The molecule has 4 rings (SSSR count). The third-order valence-electron chi connectivity index (χ3n) is 6.82. The maximum atomic E-state index is 13.3. The first kappa shape index (κ1) is 35.1. The average Bonchev–Trinajstić information content (AvgIpc) is 3.45. The molecule has 1 saturated heterocycles. The van der Waals surface area contributed by atoms with Crippen LogP contribution in [0.15, 0.2) is 53.4 Å². The molecule has 3 aromatic rings. The second kappa shape index (κ2) is 14.8. The molecule has 0 spiro atoms. The molecule has 3 aromatic heterocycles. The lowest BCUT2D eigenvalue weighted by molar-refractivity contribution is -0.697. The summed E-state index contributed by atoms with van der Waals surface area (Å²) in [5.74, 6) is -3.23. The van der Waals surface area contributed by atoms with E-state index < -0.39 is 64.4 Å². The van der Waals surface area contributed by atoms with Crippen molar-refractivity contribution in [2.75, 3.05) is 18.9 Å². The van der Waals surface area contributed by atoms with Crippen molar-refractivity contribution in [3.05, 3.63) is 53.9 Å². The Hall–Kier alpha value is -4.76. The van der Waals surface area contributed by atoms with Gasteiger partial charge >= 0.3 is 16.4 Å². The Morgan fingerprint density at radius 2 is 1.94 bits per heavy atom. The summed E-state index contributed by atoms with van der Waals surface area (Å²) < 4.78 is 48.7. The van der Waals surface area contributed by atoms with Gasteiger partial charge in [0.2, 0.25) is 5.88 Å². The molecule has 1 unspecified atom stereocenters. The van der Waals surface area contributed by atoms with Crippen LogP contribution in [0.4, 0.5) is 5.13 Å². The van der Waals surface area contributed by atoms with Crippen LogP contribution in [0.2, 0.25) is 0 Å². The van der Waals surface area contributed by atoms with E-state index in [4.69, 9.17) is 30.3 Å². The highest BCUT2D eigenvalue weighted by atomic mass is 32.3. The highest BCUT2D eigenvalue weighted by Gasteiger charge is 2.57. The number of hydrogen-bond acceptors (Lipinski definition) is 15. The molecule has 0 aromatic carbocycles. The monoisotopic (exact) mass is 694 g/mol. The lowest BCUT2D eigenvalue weighted by atomic mass is 9.74. The number of nitrogen functional groups attached to an aromatic ring is 1. The summed E-state index contributed by atoms with van der Waals surface area (Å²) in [6, 6.07) is 6.58. The number of nitrogens with two attached hydrogens (primary N) is 2. The van der Waals surface area contributed by atoms with Gasteiger partial charge in [-0.05, 0) is 26.5 Å². The van der Waals surface area contributed by atoms with Gasteiger partial charge in [-0.25, -0.2) is 19.3 Å². The molecule has 1 aliphatic rings. The third kappa shape index (κ3) is 9.16. The molecule has 0 bridgehead atoms. The number of anilines is 1. The van der Waals surface area contributed by atoms with Crippen LogP contribution in [-0.4, -0.2) is 81.3 Å². The molecule has 0 saturated carbocycles. The number of aliphatic carboxylic acids is 1. The van der Waals surface area contributed by atoms with Gasteiger partial charge in [-0.2, -0.15) is 13.5 Å². The number of aryl methyl sites for hydroxylation is 1. The van der Waals surface area contributed by atoms with Crippen LogP contribution < -0.4 is 25.5 Å². The van der Waals surface area contributed by atoms with Crippen LogP contribution in [0.25, 0.3) is 0 Å². The Morgan fingerprint density at radius 3 is 2.49 bits per heavy atom. The van der Waals surface area contributed by atoms with Crippen LogP contribution in [0.5, 0.6) is 17.4 Å². The molecule has 2 atom stereocenters. The van der Waals surface area contributed by atoms with Crippen LogP contribution in [-0.2, 0) is 40.4 Å². The molecule has 1 fully saturated rings. The lowest BCUT2D eigenvalue weighted by Crippen LogP contribution is -2.68. The number of thiazole rings is 1. The van der Waals surface area contributed by atoms with E-state index in [2.05, 4.69) is 19.4 Å². The summed E-state index contributed by atoms with van der Waals surface area (Å²) in [5, 5.41) is 15.3. The van der Waals surface area contributed by atoms with E-state index >= 15 is 0 Å². The van der Waals surface area contributed by atoms with Gasteiger partial charge in [-0.15, -0.1) is 15.6 Å². The fourth-order valence-electron chi connectivity index (χ4n) is 4.29. The molecule has 18 nitrogen and oxygen atoms in total. The number of rotatable bonds is 17. The first-order chi connectivity index (χ1) is 22.2. The molecular weight excluding hydrogens is 662 g/mol. The third-order valence-corrected chi connectivity index (χ3v) is 7.83. The van der Waals surface area contributed by atoms with E-state index in [0.717, 1.165) is 24.3 Å². The van der Waals surface area contributed by atoms with E-state index in [1.807, 2.05) is 17.0 Å². The van der Waals surface area contributed by atoms with Crippen molar-refractivity contribution in [2.24, 2.45) is 16.8 Å². The first-order valence-corrected chi connectivity index (χ1v) is 16.1. The standard InChI is InChI=1S/C27H31N7O11S2/c1-27(2)18(24(36)34(27)45-47(39,40)41)12-20(35)23(19-15-46-26(29)31-19)32-44-21(25(37)38)14-42-17-4-5-22(30-13-17)43-16-6-10-33(11-7-16)9-3-8-28/h4-7,10-11,13,15,18,21H,3,8-9,12,14,28H2,1-2H3,(H3-,29,31,37,38,39,40,41)/p+1/b32-23-/t18-,21?/m1/s1. The number of amides is 1. The minimum Gasteiger partial charge on any atom is -0.487 e. The average molecular weight is 695 g/mol. The molecule has 1 aliphatic heterocycles. The number of carbonyl (C=O) groups excluding carboxylic acids is 2. The molecule has 1 amide bonds. The molecule has 6 N–H and O–H groups in total. The van der Waals surface area contributed by atoms with Crippen LogP contribution in [0, 0.1) is 5.92 Å². The van der Waals surface area contributed by atoms with Gasteiger partial charge < -0.3 is 30.9 Å². The SMILES string of the molecule is CC1(C)[C@H](CC(=O)/C(=N\OC(COc2ccc(Oc3cc[n+](CCCN)cc3)nc2)C(=O)O)c2csc(N)n2)C(=O)N1OS(=O)(=O)O. The number of aromatic nitrogens is 3. The fraction of sp³-hybridized carbons (Fsp3) is 0.370. The minimum atomic E-state index is -5.00. The van der Waals surface area contributed by atoms with E-state index in [-0.39, 0.29) is 22.5 Å². The van der Waals surface area contributed by atoms with Crippen molar-refractivity contribution in [1.29, 1.82) is 0 Å². The molecule has 4 heterocycles. The topological polar surface area (TPSA) is 260 Å². The summed E-state index contributed by atoms with van der Waals surface area (Å²) in [4.78, 5) is 51.1. The number of carbonyl (C=O) groups is 3. The van der Waals surface area contributed by atoms with Crippen LogP contribution in [0.3, 0.4) is 0 Å². The number of hydrogen-bond donors (Lipinski definition) is 4. The predicted molar refractivity (Wildman–Crippen MR) is 162 cm³/mol. The first-order valence-electron chi connectivity index (χ1n) is 13.9. The number of ketones is 1. The van der Waals surface area contributed by atoms with E-state index in [9.17, 15) is 27.9 Å². The number of carboxylic acid groups (broad SMARTS) is 1. The minimum absolute atomic E-state index is 0.0400. The number of hydroxylamine groups is 2. The van der Waals surface area contributed by atoms with Crippen molar-refractivity contribution in [2.45, 2.75) is 44.9 Å². The zero-order valence-electron chi connectivity index (χ0n) is 25.1. The summed E-state index contributed by atoms with van der Waals surface area (Å²) in [6.07, 6.45) is 3.66. The maximum Gasteiger partial charge on any atom is 0.418 e. The number of carboxylic acids is 1. The molecule has 0 aliphatic carbocycles. The highest BCUT2D eigenvalue weighted by molar-refractivity contribution is 7.80. The number of ether oxygens (including phenoxy) is 2. The van der Waals surface area contributed by atoms with E-state index in [1.54, 1.807) is 12.1 Å². The van der Waals surface area contributed by atoms with Gasteiger partial charge in [-0.1, -0.05) is 5.16 Å². The van der Waals surface area contributed by atoms with Gasteiger partial charge in [0.25, 0.3) is 12.0 Å². The Balaban J connectivity index is 1.40. The second-order valence-corrected chi connectivity index (χ2v) is 12.5. The van der Waals surface area contributed by atoms with Crippen molar-refractivity contribution in [3.63, 3.8) is 0 Å². The Morgan fingerprint density at radius 1 is 1.21 bits per heavy atom. The molecular formula is C27H32N7O11S2+. The lowest BCUT2D eigenvalue weighted by Gasteiger charge is -2.50. The summed E-state index contributed by atoms with van der Waals surface area (Å²) in [6.45, 7) is 3.65. The van der Waals surface area contributed by atoms with E-state index in [1.165, 1.54) is 37.6 Å². The molecule has 252 valence electrons. The van der Waals surface area contributed by atoms with Gasteiger partial charge in [-0.3, -0.25) is 14.1 Å². The molecule has 0 radical (unpaired) electrons. The zero-order chi connectivity index (χ0) is 34.4. The zero-order valence-corrected chi connectivity index (χ0v) is 26.7. The predicted octanol–water partition coefficient (Wildman–Crippen LogP) is 0.732. The Bertz CT molecular complexity index is 1730. The Kier molecular flexibility index (Phi) is 11.0.